The number of fused-ring (bicyclic) bond motifs is 1. The molecular weight excluding hydrogens is 335 g/mol. The third kappa shape index (κ3) is 6.15. The third-order valence-corrected chi connectivity index (χ3v) is 5.60. The molecule has 1 aromatic rings. The van der Waals surface area contributed by atoms with Crippen molar-refractivity contribution in [3.05, 3.63) is 47.0 Å². The van der Waals surface area contributed by atoms with Gasteiger partial charge in [0.05, 0.1) is 0 Å². The van der Waals surface area contributed by atoms with Crippen LogP contribution in [0.2, 0.25) is 0 Å². The van der Waals surface area contributed by atoms with E-state index in [0.29, 0.717) is 18.8 Å². The molecule has 0 fully saturated rings. The first-order chi connectivity index (χ1) is 11.4. The summed E-state index contributed by atoms with van der Waals surface area (Å²) in [5.41, 5.74) is 18.1. The number of benzene rings is 1. The van der Waals surface area contributed by atoms with Gasteiger partial charge in [-0.3, -0.25) is 0 Å². The molecule has 0 aliphatic heterocycles. The van der Waals surface area contributed by atoms with Crippen molar-refractivity contribution >= 4 is 5.91 Å². The van der Waals surface area contributed by atoms with Crippen LogP contribution in [0, 0.1) is 18.3 Å². The molecule has 25 heavy (non-hydrogen) atoms. The zero-order chi connectivity index (χ0) is 17.7. The number of rotatable bonds is 7. The van der Waals surface area contributed by atoms with E-state index in [1.165, 1.54) is 28.7 Å². The zero-order valence-corrected chi connectivity index (χ0v) is 19.4. The maximum atomic E-state index is 11.7. The monoisotopic (exact) mass is 367 g/mol. The second-order valence-corrected chi connectivity index (χ2v) is 7.59. The predicted octanol–water partition coefficient (Wildman–Crippen LogP) is 1.45. The largest absolute Gasteiger partial charge is 1.00 e. The van der Waals surface area contributed by atoms with Crippen molar-refractivity contribution in [1.29, 1.82) is 0 Å². The summed E-state index contributed by atoms with van der Waals surface area (Å²) < 4.78 is 0. The van der Waals surface area contributed by atoms with E-state index in [2.05, 4.69) is 32.9 Å². The maximum Gasteiger partial charge on any atom is 1.00 e. The van der Waals surface area contributed by atoms with Crippen molar-refractivity contribution in [2.24, 2.45) is 17.1 Å². The van der Waals surface area contributed by atoms with Gasteiger partial charge in [-0.2, -0.15) is 0 Å². The number of nitrogens with one attached hydrogen (secondary N) is 1. The van der Waals surface area contributed by atoms with Gasteiger partial charge in [0.2, 0.25) is 0 Å². The number of hydrogen-bond acceptors (Lipinski definition) is 2. The molecule has 0 aromatic heterocycles. The van der Waals surface area contributed by atoms with Crippen molar-refractivity contribution in [1.82, 2.24) is 0 Å². The van der Waals surface area contributed by atoms with Gasteiger partial charge in [-0.25, -0.2) is 0 Å². The Morgan fingerprint density at radius 1 is 1.28 bits per heavy atom. The van der Waals surface area contributed by atoms with Gasteiger partial charge < -0.3 is 23.2 Å². The number of carbonyl (C=O) groups is 1. The molecule has 3 N–H and O–H groups in total. The van der Waals surface area contributed by atoms with Crippen LogP contribution >= 0.6 is 0 Å². The fraction of sp³-hybridized carbons (Fsp3) is 0.619. The Kier molecular flexibility index (Phi) is 9.87. The normalized spacial score (nSPS) is 21.0. The number of nitrogens with two attached hydrogens (primary N) is 1. The molecule has 2 atom stereocenters. The van der Waals surface area contributed by atoms with Crippen LogP contribution in [-0.2, 0) is 30.5 Å². The van der Waals surface area contributed by atoms with E-state index in [0.717, 1.165) is 38.6 Å². The summed E-state index contributed by atoms with van der Waals surface area (Å²) in [5, 5.41) is 0. The Bertz CT molecular complexity index is 588. The maximum absolute atomic E-state index is 11.7. The number of aryl methyl sites for hydroxylation is 3. The fourth-order valence-corrected chi connectivity index (χ4v) is 3.82. The summed E-state index contributed by atoms with van der Waals surface area (Å²) in [7, 11) is 0. The predicted molar refractivity (Wildman–Crippen MR) is 101 cm³/mol. The van der Waals surface area contributed by atoms with E-state index in [1.807, 2.05) is 0 Å². The van der Waals surface area contributed by atoms with Crippen LogP contribution < -0.4 is 57.1 Å². The van der Waals surface area contributed by atoms with Gasteiger partial charge in [-0.05, 0) is 73.2 Å². The molecule has 2 unspecified atom stereocenters. The van der Waals surface area contributed by atoms with E-state index < -0.39 is 11.3 Å². The summed E-state index contributed by atoms with van der Waals surface area (Å²) in [4.78, 5) is 11.7. The molecule has 0 spiro atoms. The fourth-order valence-electron chi connectivity index (χ4n) is 3.82. The minimum Gasteiger partial charge on any atom is -0.670 e. The Labute approximate surface area is 196 Å². The van der Waals surface area contributed by atoms with Crippen LogP contribution in [0.25, 0.3) is 5.73 Å². The van der Waals surface area contributed by atoms with Gasteiger partial charge >= 0.3 is 51.4 Å². The molecule has 0 saturated carbocycles. The van der Waals surface area contributed by atoms with Gasteiger partial charge in [-0.1, -0.05) is 38.8 Å². The average molecular weight is 368 g/mol. The molecule has 4 heteroatoms. The number of carbonyl (C=O) groups excluding carboxylic acids is 1. The van der Waals surface area contributed by atoms with E-state index in [-0.39, 0.29) is 51.4 Å². The van der Waals surface area contributed by atoms with Crippen LogP contribution in [0.3, 0.4) is 0 Å². The van der Waals surface area contributed by atoms with Crippen molar-refractivity contribution < 1.29 is 56.2 Å². The number of amides is 1. The quantitative estimate of drug-likeness (QED) is 0.450. The zero-order valence-electron chi connectivity index (χ0n) is 16.3. The molecule has 134 valence electrons. The molecule has 1 amide bonds. The Morgan fingerprint density at radius 3 is 2.32 bits per heavy atom. The summed E-state index contributed by atoms with van der Waals surface area (Å²) >= 11 is 0. The van der Waals surface area contributed by atoms with Crippen molar-refractivity contribution in [3.63, 3.8) is 0 Å². The third-order valence-electron chi connectivity index (χ3n) is 5.60. The van der Waals surface area contributed by atoms with Crippen molar-refractivity contribution in [2.45, 2.75) is 65.2 Å². The van der Waals surface area contributed by atoms with E-state index in [1.54, 1.807) is 0 Å². The Balaban J connectivity index is 0.00000312. The molecule has 0 saturated heterocycles. The molecule has 3 nitrogen and oxygen atoms in total. The van der Waals surface area contributed by atoms with Crippen molar-refractivity contribution in [3.8, 4) is 0 Å². The molecule has 0 bridgehead atoms. The van der Waals surface area contributed by atoms with Gasteiger partial charge in [-0.15, -0.1) is 5.41 Å². The summed E-state index contributed by atoms with van der Waals surface area (Å²) in [5.74, 6) is 0.131. The summed E-state index contributed by atoms with van der Waals surface area (Å²) in [6, 6.07) is 4.72. The molecule has 1 aliphatic rings. The Morgan fingerprint density at radius 2 is 1.84 bits per heavy atom. The number of hydrogen-bond donors (Lipinski definition) is 1. The molecule has 0 heterocycles. The average Bonchev–Trinajstić information content (AvgIpc) is 2.72. The molecule has 1 aromatic carbocycles. The van der Waals surface area contributed by atoms with Gasteiger partial charge in [0, 0.05) is 5.91 Å². The SMILES string of the molecule is [CH2-]C1(C([NH-])=O)CCc2cc(CC)c(CC(C)CCCN)cc2CC1.[K+]. The second kappa shape index (κ2) is 10.6. The Hall–Kier alpha value is 0.286. The van der Waals surface area contributed by atoms with Crippen LogP contribution in [-0.4, -0.2) is 12.5 Å². The van der Waals surface area contributed by atoms with Crippen molar-refractivity contribution in [2.75, 3.05) is 6.54 Å². The molecule has 2 rings (SSSR count). The smallest absolute Gasteiger partial charge is 0.670 e. The topological polar surface area (TPSA) is 66.9 Å². The van der Waals surface area contributed by atoms with Crippen LogP contribution in [0.4, 0.5) is 0 Å². The van der Waals surface area contributed by atoms with Crippen LogP contribution in [0.5, 0.6) is 0 Å². The van der Waals surface area contributed by atoms with E-state index >= 15 is 0 Å². The first-order valence-corrected chi connectivity index (χ1v) is 9.34. The van der Waals surface area contributed by atoms with Gasteiger partial charge in [0.1, 0.15) is 0 Å². The second-order valence-electron chi connectivity index (χ2n) is 7.59. The minimum atomic E-state index is -0.722. The molecule has 0 radical (unpaired) electrons. The van der Waals surface area contributed by atoms with Crippen LogP contribution in [0.1, 0.15) is 61.8 Å². The first-order valence-electron chi connectivity index (χ1n) is 9.34. The van der Waals surface area contributed by atoms with E-state index in [9.17, 15) is 4.79 Å². The summed E-state index contributed by atoms with van der Waals surface area (Å²) in [6.45, 7) is 9.36. The van der Waals surface area contributed by atoms with Gasteiger partial charge in [0.25, 0.3) is 0 Å². The van der Waals surface area contributed by atoms with Crippen LogP contribution in [0.15, 0.2) is 12.1 Å². The molecule has 1 aliphatic carbocycles. The minimum absolute atomic E-state index is 0. The molecular formula is C21H32KN2O-. The summed E-state index contributed by atoms with van der Waals surface area (Å²) in [6.07, 6.45) is 7.50. The van der Waals surface area contributed by atoms with E-state index in [4.69, 9.17) is 11.5 Å². The standard InChI is InChI=1S/C21H33N2O.K/c1-4-16-13-17-7-9-21(3,20(23)24)10-8-18(17)14-19(16)12-15(2)6-5-11-22;/h13-15H,3-12,22H2,1-2H3,(H2,23,24);/q-1;+1/p-1. The first kappa shape index (κ1) is 23.3. The van der Waals surface area contributed by atoms with Gasteiger partial charge in [0.15, 0.2) is 0 Å².